The molecule has 492 valence electrons. The van der Waals surface area contributed by atoms with Crippen molar-refractivity contribution < 1.29 is 63.0 Å². The zero-order valence-corrected chi connectivity index (χ0v) is 50.9. The molecule has 0 aliphatic carbocycles. The number of imidazole rings is 1. The van der Waals surface area contributed by atoms with Crippen molar-refractivity contribution in [2.45, 2.75) is 139 Å². The highest BCUT2D eigenvalue weighted by Gasteiger charge is 2.40. The first-order valence-corrected chi connectivity index (χ1v) is 30.2. The Morgan fingerprint density at radius 1 is 0.674 bits per heavy atom. The van der Waals surface area contributed by atoms with Crippen LogP contribution in [0.3, 0.4) is 0 Å². The average Bonchev–Trinajstić information content (AvgIpc) is 1.66. The molecule has 0 saturated carbocycles. The van der Waals surface area contributed by atoms with Crippen LogP contribution in [0.2, 0.25) is 0 Å². The molecule has 19 N–H and O–H groups in total. The van der Waals surface area contributed by atoms with E-state index in [9.17, 15) is 63.0 Å². The number of para-hydroxylation sites is 1. The fourth-order valence-electron chi connectivity index (χ4n) is 10.8. The molecular weight excluding hydrogens is 1190 g/mol. The number of nitrogens with one attached hydrogen (secondary N) is 11. The van der Waals surface area contributed by atoms with E-state index in [2.05, 4.69) is 72.8 Å². The van der Waals surface area contributed by atoms with Crippen molar-refractivity contribution in [2.75, 3.05) is 26.2 Å². The summed E-state index contributed by atoms with van der Waals surface area (Å²) < 4.78 is 0. The Morgan fingerprint density at radius 3 is 1.90 bits per heavy atom. The number of nitrogens with two attached hydrogens (primary N) is 3. The number of rotatable bonds is 33. The molecule has 3 aromatic heterocycles. The minimum Gasteiger partial charge on any atom is -0.508 e. The van der Waals surface area contributed by atoms with Crippen molar-refractivity contribution >= 4 is 81.8 Å². The molecule has 31 nitrogen and oxygen atoms in total. The number of aromatic nitrogens is 4. The average molecular weight is 1270 g/mol. The van der Waals surface area contributed by atoms with Crippen LogP contribution in [0, 0.1) is 5.92 Å². The lowest BCUT2D eigenvalue weighted by molar-refractivity contribution is -0.142. The number of primary amides is 1. The number of hydrogen-bond acceptors (Lipinski definition) is 16. The predicted molar refractivity (Wildman–Crippen MR) is 332 cm³/mol. The molecule has 2 aliphatic heterocycles. The quantitative estimate of drug-likeness (QED) is 0.0111. The monoisotopic (exact) mass is 1270 g/mol. The number of aliphatic hydroxyl groups excluding tert-OH is 1. The number of amides is 11. The van der Waals surface area contributed by atoms with Gasteiger partial charge in [0.05, 0.1) is 19.5 Å². The van der Waals surface area contributed by atoms with Gasteiger partial charge in [0, 0.05) is 86.6 Å². The van der Waals surface area contributed by atoms with Gasteiger partial charge in [-0.2, -0.15) is 0 Å². The summed E-state index contributed by atoms with van der Waals surface area (Å²) in [6, 6.07) is 3.82. The minimum atomic E-state index is -1.80. The predicted octanol–water partition coefficient (Wildman–Crippen LogP) is -3.38. The Bertz CT molecular complexity index is 3430. The zero-order chi connectivity index (χ0) is 66.4. The van der Waals surface area contributed by atoms with E-state index in [1.807, 2.05) is 0 Å². The number of guanidine groups is 1. The van der Waals surface area contributed by atoms with Gasteiger partial charge in [-0.3, -0.25) is 62.7 Å². The fraction of sp³-hybridized carbons (Fsp3) is 0.443. The summed E-state index contributed by atoms with van der Waals surface area (Å²) in [6.45, 7) is 2.31. The standard InChI is InChI=1S/C61H80N18O13/c1-33(2)22-43(53(85)72-42(11-6-20-67-61(63)64)60(92)79-21-7-12-49(79)59(91)69-30-50(62)82)73-55(87)45(24-35-8-5-19-65-27-35)74-54(86)44(23-34-13-15-38(81)16-14-34)75-58(90)48(31-80)78-56(88)46(25-36-28-68-40-10-4-3-9-39(36)40)76-57(89)47(26-37-29-66-32-70-37)77-52(84)41-17-18-51(83)71-41/h3-5,8-10,13-16,19,27-29,32-33,41-49,68,80-81H,6-7,11-12,17-18,20-26,30-31H2,1-2H3,(H2,62,82)(H,66,70)(H,69,91)(H,71,83)(H,72,85)(H,73,87)(H,74,86)(H,75,90)(H,76,89)(H,77,84)(H,78,88)(H4,63,64,67)/t41-,42-,43-,44-,45+,46-,47-,48-,49-/m0/s1. The number of fused-ring (bicyclic) bond motifs is 1. The molecule has 2 saturated heterocycles. The number of nitrogens with zero attached hydrogens (tertiary/aromatic N) is 4. The highest BCUT2D eigenvalue weighted by Crippen LogP contribution is 2.22. The van der Waals surface area contributed by atoms with Gasteiger partial charge in [0.25, 0.3) is 0 Å². The van der Waals surface area contributed by atoms with Crippen LogP contribution in [0.5, 0.6) is 5.75 Å². The zero-order valence-electron chi connectivity index (χ0n) is 50.9. The van der Waals surface area contributed by atoms with Gasteiger partial charge in [0.1, 0.15) is 60.1 Å². The van der Waals surface area contributed by atoms with E-state index < -0.39 is 127 Å². The molecular formula is C61H80N18O13. The van der Waals surface area contributed by atoms with Crippen molar-refractivity contribution in [3.05, 3.63) is 114 Å². The third-order valence-corrected chi connectivity index (χ3v) is 15.5. The Labute approximate surface area is 528 Å². The van der Waals surface area contributed by atoms with Crippen molar-refractivity contribution in [3.63, 3.8) is 0 Å². The molecule has 0 unspecified atom stereocenters. The maximum atomic E-state index is 14.9. The van der Waals surface area contributed by atoms with E-state index >= 15 is 0 Å². The van der Waals surface area contributed by atoms with Crippen molar-refractivity contribution in [2.24, 2.45) is 28.1 Å². The van der Waals surface area contributed by atoms with Crippen LogP contribution >= 0.6 is 0 Å². The molecule has 0 radical (unpaired) electrons. The Balaban J connectivity index is 1.13. The van der Waals surface area contributed by atoms with Crippen molar-refractivity contribution in [1.29, 1.82) is 0 Å². The van der Waals surface area contributed by atoms with Gasteiger partial charge in [-0.15, -0.1) is 0 Å². The SMILES string of the molecule is CC(C)C[C@H](NC(=O)[C@@H](Cc1cccnc1)NC(=O)[C@H](Cc1ccc(O)cc1)NC(=O)[C@H](CO)NC(=O)[C@H](Cc1c[nH]c2ccccc12)NC(=O)[C@H](Cc1cnc[nH]1)NC(=O)[C@@H]1CCC(=O)N1)C(=O)N[C@@H](CCCN=C(N)N)C(=O)N1CCC[C@H]1C(=O)NCC(N)=O. The van der Waals surface area contributed by atoms with Gasteiger partial charge in [-0.05, 0) is 85.4 Å². The second kappa shape index (κ2) is 33.4. The highest BCUT2D eigenvalue weighted by molar-refractivity contribution is 6.00. The number of aliphatic imine (C=N–C) groups is 1. The van der Waals surface area contributed by atoms with Gasteiger partial charge in [0.2, 0.25) is 65.0 Å². The lowest BCUT2D eigenvalue weighted by Gasteiger charge is -2.30. The van der Waals surface area contributed by atoms with Crippen LogP contribution in [0.1, 0.15) is 81.2 Å². The van der Waals surface area contributed by atoms with E-state index in [4.69, 9.17) is 17.2 Å². The van der Waals surface area contributed by atoms with E-state index in [1.165, 1.54) is 54.1 Å². The van der Waals surface area contributed by atoms with E-state index in [0.717, 1.165) is 0 Å². The van der Waals surface area contributed by atoms with Gasteiger partial charge in [0.15, 0.2) is 5.96 Å². The first kappa shape index (κ1) is 69.0. The fourth-order valence-corrected chi connectivity index (χ4v) is 10.8. The van der Waals surface area contributed by atoms with Gasteiger partial charge >= 0.3 is 0 Å². The molecule has 92 heavy (non-hydrogen) atoms. The highest BCUT2D eigenvalue weighted by atomic mass is 16.3. The molecule has 31 heteroatoms. The second-order valence-electron chi connectivity index (χ2n) is 23.0. The number of hydrogen-bond donors (Lipinski definition) is 16. The Morgan fingerprint density at radius 2 is 1.29 bits per heavy atom. The number of carbonyl (C=O) groups excluding carboxylic acids is 11. The smallest absolute Gasteiger partial charge is 0.245 e. The normalized spacial score (nSPS) is 16.7. The summed E-state index contributed by atoms with van der Waals surface area (Å²) in [7, 11) is 0. The van der Waals surface area contributed by atoms with Crippen LogP contribution in [-0.2, 0) is 78.4 Å². The van der Waals surface area contributed by atoms with Gasteiger partial charge < -0.3 is 90.1 Å². The molecule has 2 aromatic carbocycles. The first-order chi connectivity index (χ1) is 44.0. The molecule has 5 aromatic rings. The molecule has 5 heterocycles. The number of pyridine rings is 1. The number of benzene rings is 2. The minimum absolute atomic E-state index is 0.00861. The van der Waals surface area contributed by atoms with E-state index in [-0.39, 0.29) is 101 Å². The summed E-state index contributed by atoms with van der Waals surface area (Å²) in [6.07, 6.45) is 7.77. The molecule has 2 aliphatic rings. The number of aliphatic hydroxyl groups is 1. The number of aromatic hydroxyl groups is 1. The molecule has 11 amide bonds. The van der Waals surface area contributed by atoms with E-state index in [1.54, 1.807) is 56.4 Å². The molecule has 0 bridgehead atoms. The summed E-state index contributed by atoms with van der Waals surface area (Å²) >= 11 is 0. The van der Waals surface area contributed by atoms with Crippen LogP contribution in [0.4, 0.5) is 0 Å². The third kappa shape index (κ3) is 20.3. The topological polar surface area (TPSA) is 488 Å². The summed E-state index contributed by atoms with van der Waals surface area (Å²) in [5.74, 6) is -9.09. The lowest BCUT2D eigenvalue weighted by atomic mass is 9.99. The van der Waals surface area contributed by atoms with Crippen molar-refractivity contribution in [3.8, 4) is 5.75 Å². The molecule has 9 atom stereocenters. The Hall–Kier alpha value is -10.5. The first-order valence-electron chi connectivity index (χ1n) is 30.2. The maximum Gasteiger partial charge on any atom is 0.245 e. The van der Waals surface area contributed by atoms with Crippen LogP contribution in [-0.4, -0.2) is 187 Å². The summed E-state index contributed by atoms with van der Waals surface area (Å²) in [4.78, 5) is 172. The van der Waals surface area contributed by atoms with Gasteiger partial charge in [-0.1, -0.05) is 50.2 Å². The van der Waals surface area contributed by atoms with E-state index in [0.29, 0.717) is 39.7 Å². The second-order valence-corrected chi connectivity index (χ2v) is 23.0. The van der Waals surface area contributed by atoms with Gasteiger partial charge in [-0.25, -0.2) is 4.98 Å². The molecule has 2 fully saturated rings. The lowest BCUT2D eigenvalue weighted by Crippen LogP contribution is -2.61. The van der Waals surface area contributed by atoms with Crippen LogP contribution in [0.15, 0.2) is 96.8 Å². The number of phenols is 1. The largest absolute Gasteiger partial charge is 0.508 e. The number of carbonyl (C=O) groups is 11. The number of aromatic amines is 2. The number of H-pyrrole nitrogens is 2. The third-order valence-electron chi connectivity index (χ3n) is 15.5. The summed E-state index contributed by atoms with van der Waals surface area (Å²) in [5.41, 5.74) is 18.9. The molecule has 7 rings (SSSR count). The Kier molecular flexibility index (Phi) is 25.0. The molecule has 0 spiro atoms. The van der Waals surface area contributed by atoms with Crippen LogP contribution < -0.4 is 65.1 Å². The maximum absolute atomic E-state index is 14.9. The number of likely N-dealkylation sites (tertiary alicyclic amines) is 1. The van der Waals surface area contributed by atoms with Crippen LogP contribution in [0.25, 0.3) is 10.9 Å². The van der Waals surface area contributed by atoms with Crippen molar-refractivity contribution in [1.82, 2.24) is 72.7 Å². The number of phenolic OH excluding ortho intramolecular Hbond substituents is 1. The summed E-state index contributed by atoms with van der Waals surface area (Å²) in [5, 5.41) is 45.5.